The Balaban J connectivity index is 2.24. The Morgan fingerprint density at radius 1 is 1.44 bits per heavy atom. The van der Waals surface area contributed by atoms with Crippen molar-refractivity contribution in [2.24, 2.45) is 5.92 Å². The molecular weight excluding hydrogens is 290 g/mol. The molecule has 0 spiro atoms. The van der Waals surface area contributed by atoms with Gasteiger partial charge in [0.05, 0.1) is 11.7 Å². The first-order chi connectivity index (χ1) is 8.72. The van der Waals surface area contributed by atoms with Gasteiger partial charge in [-0.15, -0.1) is 0 Å². The van der Waals surface area contributed by atoms with E-state index in [0.29, 0.717) is 12.0 Å². The van der Waals surface area contributed by atoms with Gasteiger partial charge in [0.1, 0.15) is 0 Å². The van der Waals surface area contributed by atoms with E-state index in [1.165, 1.54) is 31.5 Å². The molecule has 1 N–H and O–H groups in total. The molecule has 4 heteroatoms. The maximum absolute atomic E-state index is 4.61. The minimum atomic E-state index is 0.438. The lowest BCUT2D eigenvalue weighted by Crippen LogP contribution is -2.34. The number of rotatable bonds is 3. The molecule has 0 aliphatic carbocycles. The molecule has 0 saturated carbocycles. The largest absolute Gasteiger partial charge is 0.319 e. The zero-order valence-corrected chi connectivity index (χ0v) is 12.8. The van der Waals surface area contributed by atoms with E-state index in [9.17, 15) is 0 Å². The first kappa shape index (κ1) is 14.0. The Morgan fingerprint density at radius 3 is 2.94 bits per heavy atom. The van der Waals surface area contributed by atoms with Crippen molar-refractivity contribution in [3.63, 3.8) is 0 Å². The molecule has 100 valence electrons. The molecule has 1 aliphatic rings. The average Bonchev–Trinajstić information content (AvgIpc) is 2.53. The summed E-state index contributed by atoms with van der Waals surface area (Å²) >= 11 is 3.46. The van der Waals surface area contributed by atoms with Crippen molar-refractivity contribution in [1.82, 2.24) is 15.2 Å². The fourth-order valence-corrected chi connectivity index (χ4v) is 3.16. The Kier molecular flexibility index (Phi) is 5.15. The maximum Gasteiger partial charge on any atom is 0.0579 e. The third kappa shape index (κ3) is 3.31. The van der Waals surface area contributed by atoms with E-state index in [1.807, 2.05) is 13.2 Å². The van der Waals surface area contributed by atoms with E-state index in [-0.39, 0.29) is 0 Å². The summed E-state index contributed by atoms with van der Waals surface area (Å²) in [6.45, 7) is 2.23. The second kappa shape index (κ2) is 6.64. The van der Waals surface area contributed by atoms with Gasteiger partial charge in [0.25, 0.3) is 0 Å². The summed E-state index contributed by atoms with van der Waals surface area (Å²) in [6, 6.07) is 4.68. The number of hydrogen-bond donors (Lipinski definition) is 1. The molecule has 1 aliphatic heterocycles. The van der Waals surface area contributed by atoms with Gasteiger partial charge in [0, 0.05) is 10.7 Å². The summed E-state index contributed by atoms with van der Waals surface area (Å²) in [5.74, 6) is 0.649. The number of pyridine rings is 1. The van der Waals surface area contributed by atoms with Crippen LogP contribution in [0.1, 0.15) is 31.0 Å². The highest BCUT2D eigenvalue weighted by atomic mass is 79.9. The predicted molar refractivity (Wildman–Crippen MR) is 78.6 cm³/mol. The van der Waals surface area contributed by atoms with E-state index in [1.54, 1.807) is 0 Å². The van der Waals surface area contributed by atoms with Crippen molar-refractivity contribution in [3.8, 4) is 0 Å². The van der Waals surface area contributed by atoms with Crippen molar-refractivity contribution in [2.75, 3.05) is 27.2 Å². The molecule has 2 rings (SSSR count). The van der Waals surface area contributed by atoms with Crippen LogP contribution in [0.5, 0.6) is 0 Å². The summed E-state index contributed by atoms with van der Waals surface area (Å²) in [5, 5.41) is 3.33. The highest BCUT2D eigenvalue weighted by Crippen LogP contribution is 2.33. The molecule has 2 unspecified atom stereocenters. The van der Waals surface area contributed by atoms with Crippen LogP contribution in [0.25, 0.3) is 0 Å². The molecule has 0 bridgehead atoms. The standard InChI is InChI=1S/C14H22BrN3/c1-16-9-11-5-3-4-8-18(2)14(11)13-7-6-12(15)10-17-13/h6-7,10-11,14,16H,3-5,8-9H2,1-2H3. The van der Waals surface area contributed by atoms with E-state index < -0.39 is 0 Å². The SMILES string of the molecule is CNCC1CCCCN(C)C1c1ccc(Br)cn1. The molecule has 1 aromatic rings. The quantitative estimate of drug-likeness (QED) is 0.930. The van der Waals surface area contributed by atoms with E-state index >= 15 is 0 Å². The zero-order valence-electron chi connectivity index (χ0n) is 11.2. The second-order valence-corrected chi connectivity index (χ2v) is 6.06. The van der Waals surface area contributed by atoms with Crippen LogP contribution >= 0.6 is 15.9 Å². The first-order valence-corrected chi connectivity index (χ1v) is 7.48. The number of nitrogens with zero attached hydrogens (tertiary/aromatic N) is 2. The minimum absolute atomic E-state index is 0.438. The second-order valence-electron chi connectivity index (χ2n) is 5.14. The topological polar surface area (TPSA) is 28.2 Å². The van der Waals surface area contributed by atoms with E-state index in [4.69, 9.17) is 0 Å². The Morgan fingerprint density at radius 2 is 2.28 bits per heavy atom. The first-order valence-electron chi connectivity index (χ1n) is 6.68. The van der Waals surface area contributed by atoms with Crippen LogP contribution in [0.2, 0.25) is 0 Å². The minimum Gasteiger partial charge on any atom is -0.319 e. The molecule has 0 radical (unpaired) electrons. The van der Waals surface area contributed by atoms with Crippen LogP contribution < -0.4 is 5.32 Å². The summed E-state index contributed by atoms with van der Waals surface area (Å²) in [7, 11) is 4.26. The van der Waals surface area contributed by atoms with Gasteiger partial charge in [-0.2, -0.15) is 0 Å². The monoisotopic (exact) mass is 311 g/mol. The van der Waals surface area contributed by atoms with E-state index in [2.05, 4.69) is 50.3 Å². The highest BCUT2D eigenvalue weighted by Gasteiger charge is 2.29. The van der Waals surface area contributed by atoms with Gasteiger partial charge in [-0.1, -0.05) is 6.42 Å². The van der Waals surface area contributed by atoms with Gasteiger partial charge in [-0.3, -0.25) is 9.88 Å². The highest BCUT2D eigenvalue weighted by molar-refractivity contribution is 9.10. The van der Waals surface area contributed by atoms with Gasteiger partial charge >= 0.3 is 0 Å². The van der Waals surface area contributed by atoms with Crippen molar-refractivity contribution in [2.45, 2.75) is 25.3 Å². The number of nitrogens with one attached hydrogen (secondary N) is 1. The van der Waals surface area contributed by atoms with Crippen LogP contribution in [0, 0.1) is 5.92 Å². The fourth-order valence-electron chi connectivity index (χ4n) is 2.93. The van der Waals surface area contributed by atoms with Crippen molar-refractivity contribution in [1.29, 1.82) is 0 Å². The lowest BCUT2D eigenvalue weighted by atomic mass is 9.92. The molecule has 1 aromatic heterocycles. The lowest BCUT2D eigenvalue weighted by molar-refractivity contribution is 0.186. The van der Waals surface area contributed by atoms with Crippen molar-refractivity contribution < 1.29 is 0 Å². The number of hydrogen-bond acceptors (Lipinski definition) is 3. The number of aromatic nitrogens is 1. The Labute approximate surface area is 118 Å². The number of halogens is 1. The third-order valence-electron chi connectivity index (χ3n) is 3.78. The smallest absolute Gasteiger partial charge is 0.0579 e. The fraction of sp³-hybridized carbons (Fsp3) is 0.643. The molecular formula is C14H22BrN3. The Hall–Kier alpha value is -0.450. The summed E-state index contributed by atoms with van der Waals surface area (Å²) in [6.07, 6.45) is 5.81. The Bertz CT molecular complexity index is 366. The van der Waals surface area contributed by atoms with E-state index in [0.717, 1.165) is 11.0 Å². The molecule has 1 fully saturated rings. The van der Waals surface area contributed by atoms with Crippen LogP contribution in [0.3, 0.4) is 0 Å². The van der Waals surface area contributed by atoms with Crippen LogP contribution in [0.15, 0.2) is 22.8 Å². The molecule has 2 atom stereocenters. The lowest BCUT2D eigenvalue weighted by Gasteiger charge is -2.31. The molecule has 0 aromatic carbocycles. The number of likely N-dealkylation sites (tertiary alicyclic amines) is 1. The van der Waals surface area contributed by atoms with Crippen LogP contribution in [-0.2, 0) is 0 Å². The third-order valence-corrected chi connectivity index (χ3v) is 4.25. The van der Waals surface area contributed by atoms with Gasteiger partial charge in [0.2, 0.25) is 0 Å². The van der Waals surface area contributed by atoms with Gasteiger partial charge in [-0.25, -0.2) is 0 Å². The maximum atomic E-state index is 4.61. The average molecular weight is 312 g/mol. The molecule has 2 heterocycles. The summed E-state index contributed by atoms with van der Waals surface area (Å²) < 4.78 is 1.05. The van der Waals surface area contributed by atoms with Crippen LogP contribution in [0.4, 0.5) is 0 Å². The van der Waals surface area contributed by atoms with Crippen molar-refractivity contribution in [3.05, 3.63) is 28.5 Å². The predicted octanol–water partition coefficient (Wildman–Crippen LogP) is 2.84. The molecule has 3 nitrogen and oxygen atoms in total. The van der Waals surface area contributed by atoms with Crippen LogP contribution in [-0.4, -0.2) is 37.1 Å². The summed E-state index contributed by atoms with van der Waals surface area (Å²) in [4.78, 5) is 7.07. The normalized spacial score (nSPS) is 25.9. The van der Waals surface area contributed by atoms with Gasteiger partial charge in [-0.05, 0) is 74.0 Å². The van der Waals surface area contributed by atoms with Crippen molar-refractivity contribution >= 4 is 15.9 Å². The summed E-state index contributed by atoms with van der Waals surface area (Å²) in [5.41, 5.74) is 1.20. The molecule has 0 amide bonds. The van der Waals surface area contributed by atoms with Gasteiger partial charge in [0.15, 0.2) is 0 Å². The molecule has 18 heavy (non-hydrogen) atoms. The zero-order chi connectivity index (χ0) is 13.0. The van der Waals surface area contributed by atoms with Gasteiger partial charge < -0.3 is 5.32 Å². The molecule has 1 saturated heterocycles.